The molecule has 3 heterocycles. The van der Waals surface area contributed by atoms with Crippen LogP contribution in [0.15, 0.2) is 0 Å². The number of rotatable bonds is 7. The van der Waals surface area contributed by atoms with Crippen molar-refractivity contribution in [1.29, 1.82) is 0 Å². The van der Waals surface area contributed by atoms with Gasteiger partial charge in [-0.15, -0.1) is 11.8 Å². The van der Waals surface area contributed by atoms with Gasteiger partial charge < -0.3 is 9.47 Å². The molecule has 33 heavy (non-hydrogen) atoms. The van der Waals surface area contributed by atoms with Gasteiger partial charge >= 0.3 is 0 Å². The van der Waals surface area contributed by atoms with Crippen LogP contribution in [0.3, 0.4) is 0 Å². The predicted octanol–water partition coefficient (Wildman–Crippen LogP) is 7.94. The van der Waals surface area contributed by atoms with Crippen LogP contribution in [0.5, 0.6) is 0 Å². The van der Waals surface area contributed by atoms with E-state index in [-0.39, 0.29) is 4.93 Å². The average Bonchev–Trinajstić information content (AvgIpc) is 3.34. The van der Waals surface area contributed by atoms with E-state index in [4.69, 9.17) is 9.47 Å². The Kier molecular flexibility index (Phi) is 6.44. The second-order valence-corrected chi connectivity index (χ2v) is 15.9. The van der Waals surface area contributed by atoms with E-state index in [0.29, 0.717) is 11.5 Å². The summed E-state index contributed by atoms with van der Waals surface area (Å²) in [6, 6.07) is 0. The van der Waals surface area contributed by atoms with Gasteiger partial charge in [-0.2, -0.15) is 0 Å². The average molecular weight is 475 g/mol. The summed E-state index contributed by atoms with van der Waals surface area (Å²) in [7, 11) is 0. The van der Waals surface area contributed by atoms with E-state index in [1.807, 2.05) is 0 Å². The van der Waals surface area contributed by atoms with Crippen molar-refractivity contribution in [3.8, 4) is 0 Å². The second kappa shape index (κ2) is 8.98. The lowest BCUT2D eigenvalue weighted by atomic mass is 9.63. The van der Waals surface area contributed by atoms with Crippen molar-refractivity contribution in [2.24, 2.45) is 52.8 Å². The summed E-state index contributed by atoms with van der Waals surface area (Å²) in [5.74, 6) is 7.19. The van der Waals surface area contributed by atoms with Gasteiger partial charge in [0.2, 0.25) is 0 Å². The molecule has 0 N–H and O–H groups in total. The van der Waals surface area contributed by atoms with Gasteiger partial charge in [-0.25, -0.2) is 0 Å². The van der Waals surface area contributed by atoms with Crippen LogP contribution in [0.1, 0.15) is 105 Å². The van der Waals surface area contributed by atoms with E-state index >= 15 is 0 Å². The van der Waals surface area contributed by atoms with Crippen molar-refractivity contribution in [2.45, 2.75) is 121 Å². The van der Waals surface area contributed by atoms with Gasteiger partial charge in [0, 0.05) is 18.5 Å². The summed E-state index contributed by atoms with van der Waals surface area (Å²) >= 11 is 2.29. The van der Waals surface area contributed by atoms with Gasteiger partial charge in [-0.1, -0.05) is 27.7 Å². The molecule has 188 valence electrons. The first-order valence-corrected chi connectivity index (χ1v) is 15.6. The first-order valence-electron chi connectivity index (χ1n) is 14.8. The Bertz CT molecular complexity index is 693. The van der Waals surface area contributed by atoms with Crippen molar-refractivity contribution < 1.29 is 9.47 Å². The monoisotopic (exact) mass is 474 g/mol. The summed E-state index contributed by atoms with van der Waals surface area (Å²) in [6.07, 6.45) is 17.8. The van der Waals surface area contributed by atoms with E-state index in [1.54, 1.807) is 6.42 Å². The number of fused-ring (bicyclic) bond motifs is 6. The molecule has 3 aliphatic heterocycles. The van der Waals surface area contributed by atoms with Gasteiger partial charge in [0.1, 0.15) is 4.93 Å². The minimum atomic E-state index is 0.148. The second-order valence-electron chi connectivity index (χ2n) is 14.2. The SMILES string of the molecule is CC(C)C1CC2CCC(SC(C)C3CC4CCC(CC(C)C5C6CCC5COC6)(C4)C3)(C1)O2. The predicted molar refractivity (Wildman–Crippen MR) is 138 cm³/mol. The quantitative estimate of drug-likeness (QED) is 0.373. The van der Waals surface area contributed by atoms with E-state index in [9.17, 15) is 0 Å². The first-order chi connectivity index (χ1) is 15.8. The van der Waals surface area contributed by atoms with Crippen molar-refractivity contribution in [3.05, 3.63) is 0 Å². The third kappa shape index (κ3) is 4.48. The van der Waals surface area contributed by atoms with Crippen LogP contribution >= 0.6 is 11.8 Å². The molecule has 2 nitrogen and oxygen atoms in total. The van der Waals surface area contributed by atoms with E-state index in [2.05, 4.69) is 39.5 Å². The van der Waals surface area contributed by atoms with Crippen LogP contribution in [0.4, 0.5) is 0 Å². The molecule has 3 saturated carbocycles. The maximum atomic E-state index is 6.75. The summed E-state index contributed by atoms with van der Waals surface area (Å²) < 4.78 is 12.7. The lowest BCUT2D eigenvalue weighted by molar-refractivity contribution is -0.0502. The van der Waals surface area contributed by atoms with Crippen LogP contribution in [0, 0.1) is 52.8 Å². The van der Waals surface area contributed by atoms with Gasteiger partial charge in [0.15, 0.2) is 0 Å². The van der Waals surface area contributed by atoms with Crippen molar-refractivity contribution in [3.63, 3.8) is 0 Å². The minimum absolute atomic E-state index is 0.148. The zero-order valence-corrected chi connectivity index (χ0v) is 22.7. The molecule has 6 bridgehead atoms. The molecule has 10 atom stereocenters. The topological polar surface area (TPSA) is 18.5 Å². The third-order valence-electron chi connectivity index (χ3n) is 11.6. The highest BCUT2D eigenvalue weighted by molar-refractivity contribution is 8.01. The Hall–Kier alpha value is 0.270. The number of hydrogen-bond acceptors (Lipinski definition) is 3. The molecule has 10 unspecified atom stereocenters. The summed E-state index contributed by atoms with van der Waals surface area (Å²) in [4.78, 5) is 0.148. The number of thioether (sulfide) groups is 1. The molecule has 0 aromatic heterocycles. The third-order valence-corrected chi connectivity index (χ3v) is 13.2. The largest absolute Gasteiger partial charge is 0.381 e. The summed E-state index contributed by atoms with van der Waals surface area (Å²) in [5.41, 5.74) is 0.656. The highest BCUT2D eigenvalue weighted by Crippen LogP contribution is 2.61. The van der Waals surface area contributed by atoms with Gasteiger partial charge in [-0.05, 0) is 130 Å². The van der Waals surface area contributed by atoms with Crippen molar-refractivity contribution >= 4 is 11.8 Å². The fraction of sp³-hybridized carbons (Fsp3) is 1.00. The molecular weight excluding hydrogens is 424 g/mol. The molecule has 3 saturated heterocycles. The minimum Gasteiger partial charge on any atom is -0.381 e. The Labute approximate surface area is 208 Å². The zero-order valence-electron chi connectivity index (χ0n) is 21.9. The van der Waals surface area contributed by atoms with Gasteiger partial charge in [0.25, 0.3) is 0 Å². The molecule has 6 fully saturated rings. The molecule has 6 rings (SSSR count). The zero-order chi connectivity index (χ0) is 22.8. The maximum absolute atomic E-state index is 6.75. The molecule has 0 aromatic rings. The smallest absolute Gasteiger partial charge is 0.114 e. The van der Waals surface area contributed by atoms with E-state index in [1.165, 1.54) is 70.6 Å². The van der Waals surface area contributed by atoms with Gasteiger partial charge in [-0.3, -0.25) is 0 Å². The summed E-state index contributed by atoms with van der Waals surface area (Å²) in [6.45, 7) is 12.2. The lowest BCUT2D eigenvalue weighted by Crippen LogP contribution is -2.40. The molecule has 0 amide bonds. The molecule has 0 spiro atoms. The number of hydrogen-bond donors (Lipinski definition) is 0. The lowest BCUT2D eigenvalue weighted by Gasteiger charge is -2.46. The van der Waals surface area contributed by atoms with Gasteiger partial charge in [0.05, 0.1) is 6.10 Å². The number of ether oxygens (including phenoxy) is 2. The van der Waals surface area contributed by atoms with Crippen molar-refractivity contribution in [1.82, 2.24) is 0 Å². The molecule has 0 aromatic carbocycles. The molecular formula is C30H50O2S. The van der Waals surface area contributed by atoms with Crippen LogP contribution in [0.2, 0.25) is 0 Å². The molecule has 6 aliphatic rings. The Balaban J connectivity index is 1.12. The molecule has 0 radical (unpaired) electrons. The van der Waals surface area contributed by atoms with Crippen LogP contribution in [0.25, 0.3) is 0 Å². The maximum Gasteiger partial charge on any atom is 0.114 e. The Morgan fingerprint density at radius 1 is 0.848 bits per heavy atom. The first kappa shape index (κ1) is 23.7. The normalized spacial score (nSPS) is 50.6. The highest BCUT2D eigenvalue weighted by atomic mass is 32.2. The molecule has 3 heteroatoms. The van der Waals surface area contributed by atoms with E-state index < -0.39 is 0 Å². The summed E-state index contributed by atoms with van der Waals surface area (Å²) in [5, 5.41) is 0.754. The van der Waals surface area contributed by atoms with E-state index in [0.717, 1.165) is 65.8 Å². The standard InChI is InChI=1S/C30H50O2S/c1-19(2)25-12-27-8-10-30(16-25,32-27)33-21(4)26-11-22-7-9-29(14-22,15-26)13-20(3)28-23-5-6-24(28)18-31-17-23/h19-28H,5-18H2,1-4H3. The molecule has 3 aliphatic carbocycles. The highest BCUT2D eigenvalue weighted by Gasteiger charge is 2.53. The van der Waals surface area contributed by atoms with Crippen LogP contribution in [-0.2, 0) is 9.47 Å². The van der Waals surface area contributed by atoms with Crippen LogP contribution in [-0.4, -0.2) is 29.5 Å². The fourth-order valence-corrected chi connectivity index (χ4v) is 11.9. The Morgan fingerprint density at radius 2 is 1.64 bits per heavy atom. The van der Waals surface area contributed by atoms with Crippen molar-refractivity contribution in [2.75, 3.05) is 13.2 Å². The Morgan fingerprint density at radius 3 is 2.39 bits per heavy atom. The fourth-order valence-electron chi connectivity index (χ4n) is 10.1. The van der Waals surface area contributed by atoms with Crippen LogP contribution < -0.4 is 0 Å².